The molecule has 0 atom stereocenters. The van der Waals surface area contributed by atoms with Crippen molar-refractivity contribution in [2.24, 2.45) is 0 Å². The van der Waals surface area contributed by atoms with Gasteiger partial charge >= 0.3 is 27.3 Å². The van der Waals surface area contributed by atoms with Crippen LogP contribution >= 0.6 is 0 Å². The normalized spacial score (nSPS) is 2.00. The van der Waals surface area contributed by atoms with Gasteiger partial charge in [-0.1, -0.05) is 0 Å². The summed E-state index contributed by atoms with van der Waals surface area (Å²) >= 11 is 0. The minimum atomic E-state index is 0. The quantitative estimate of drug-likeness (QED) is 0.402. The number of hydrogen-bond acceptors (Lipinski definition) is 0. The average Bonchev–Trinajstić information content (AvgIpc) is 1.00. The average molecular weight is 281 g/mol. The summed E-state index contributed by atoms with van der Waals surface area (Å²) in [5.74, 6) is 0. The Morgan fingerprint density at radius 1 is 1.25 bits per heavy atom. The van der Waals surface area contributed by atoms with Gasteiger partial charge in [0.05, 0.1) is 0 Å². The van der Waals surface area contributed by atoms with Crippen LogP contribution < -0.4 is 0 Å². The second-order valence-electron chi connectivity index (χ2n) is 0. The SMILES string of the molecule is [AlH3].[B][SiH3].[PbH2]. The molecule has 0 amide bonds. The predicted molar refractivity (Wildman–Crippen MR) is 34.2 cm³/mol. The molecule has 0 unspecified atom stereocenters. The van der Waals surface area contributed by atoms with Gasteiger partial charge in [-0.15, -0.1) is 0 Å². The van der Waals surface area contributed by atoms with E-state index in [4.69, 9.17) is 0 Å². The maximum atomic E-state index is 4.64. The summed E-state index contributed by atoms with van der Waals surface area (Å²) in [7, 11) is 5.44. The third kappa shape index (κ3) is 9.28. The summed E-state index contributed by atoms with van der Waals surface area (Å²) in [6.07, 6.45) is 0. The fourth-order valence-electron chi connectivity index (χ4n) is 0. The Labute approximate surface area is 61.8 Å². The fraction of sp³-hybridized carbons (Fsp3) is 0. The van der Waals surface area contributed by atoms with Gasteiger partial charge in [-0.25, -0.2) is 0 Å². The van der Waals surface area contributed by atoms with Crippen LogP contribution in [0.4, 0.5) is 0 Å². The van der Waals surface area contributed by atoms with E-state index < -0.39 is 0 Å². The maximum absolute atomic E-state index is 4.64. The summed E-state index contributed by atoms with van der Waals surface area (Å²) in [6.45, 7) is 0. The van der Waals surface area contributed by atoms with Crippen molar-refractivity contribution in [2.45, 2.75) is 0 Å². The van der Waals surface area contributed by atoms with Gasteiger partial charge in [0.25, 0.3) is 0 Å². The third-order valence-electron chi connectivity index (χ3n) is 0. The molecule has 4 heteroatoms. The zero-order valence-electron chi connectivity index (χ0n) is 2.28. The van der Waals surface area contributed by atoms with E-state index in [-0.39, 0.29) is 44.7 Å². The molecule has 0 aliphatic carbocycles. The molecule has 0 rings (SSSR count). The molecule has 0 saturated carbocycles. The Morgan fingerprint density at radius 2 is 1.25 bits per heavy atom. The molecule has 4 radical (unpaired) electrons. The van der Waals surface area contributed by atoms with Crippen LogP contribution in [-0.2, 0) is 0 Å². The van der Waals surface area contributed by atoms with Crippen LogP contribution in [0.2, 0.25) is 0 Å². The van der Waals surface area contributed by atoms with Crippen molar-refractivity contribution in [2.75, 3.05) is 0 Å². The van der Waals surface area contributed by atoms with Crippen LogP contribution in [0.5, 0.6) is 0 Å². The molecule has 0 bridgehead atoms. The molecular weight excluding hydrogens is 273 g/mol. The van der Waals surface area contributed by atoms with Gasteiger partial charge in [0, 0.05) is 7.44 Å². The van der Waals surface area contributed by atoms with Crippen molar-refractivity contribution in [3.63, 3.8) is 0 Å². The Morgan fingerprint density at radius 3 is 1.25 bits per heavy atom. The molecule has 4 heavy (non-hydrogen) atoms. The van der Waals surface area contributed by atoms with E-state index in [2.05, 4.69) is 7.44 Å². The Kier molecular flexibility index (Phi) is 94.2. The zero-order chi connectivity index (χ0) is 2.00. The van der Waals surface area contributed by atoms with Crippen LogP contribution in [0.25, 0.3) is 0 Å². The minimum absolute atomic E-state index is 0. The van der Waals surface area contributed by atoms with Crippen molar-refractivity contribution in [3.05, 3.63) is 0 Å². The molecule has 0 aliphatic heterocycles. The summed E-state index contributed by atoms with van der Waals surface area (Å²) in [5.41, 5.74) is 0. The fourth-order valence-corrected chi connectivity index (χ4v) is 0. The molecule has 0 saturated heterocycles. The summed E-state index contributed by atoms with van der Waals surface area (Å²) < 4.78 is 0. The van der Waals surface area contributed by atoms with Crippen molar-refractivity contribution in [1.82, 2.24) is 0 Å². The molecular formula is H8AlBPbSi. The van der Waals surface area contributed by atoms with E-state index >= 15 is 0 Å². The standard InChI is InChI=1S/Al.BH3Si.Pb.5H/c;1-2;;;;;;/h;2H3;;;;;;. The molecule has 0 heterocycles. The summed E-state index contributed by atoms with van der Waals surface area (Å²) in [6, 6.07) is 0. The van der Waals surface area contributed by atoms with Gasteiger partial charge < -0.3 is 0 Å². The molecule has 0 nitrogen and oxygen atoms in total. The van der Waals surface area contributed by atoms with Crippen molar-refractivity contribution in [3.8, 4) is 0 Å². The van der Waals surface area contributed by atoms with E-state index in [0.29, 0.717) is 0 Å². The molecule has 0 N–H and O–H groups in total. The number of hydrogen-bond donors (Lipinski definition) is 0. The van der Waals surface area contributed by atoms with Crippen LogP contribution in [0, 0.1) is 0 Å². The van der Waals surface area contributed by atoms with E-state index in [1.54, 1.807) is 0 Å². The number of rotatable bonds is 0. The second-order valence-corrected chi connectivity index (χ2v) is 0. The van der Waals surface area contributed by atoms with Crippen LogP contribution in [0.1, 0.15) is 0 Å². The van der Waals surface area contributed by atoms with Crippen molar-refractivity contribution in [1.29, 1.82) is 0 Å². The molecule has 0 fully saturated rings. The molecule has 0 aromatic rings. The van der Waals surface area contributed by atoms with Crippen LogP contribution in [0.15, 0.2) is 0 Å². The zero-order valence-corrected chi connectivity index (χ0v) is 9.78. The molecule has 0 aromatic heterocycles. The van der Waals surface area contributed by atoms with E-state index in [1.165, 1.54) is 0 Å². The molecule has 0 aromatic carbocycles. The first-order valence-electron chi connectivity index (χ1n) is 0.577. The van der Waals surface area contributed by atoms with Gasteiger partial charge in [0.2, 0.25) is 0 Å². The molecule has 22 valence electrons. The molecule has 0 aliphatic rings. The monoisotopic (exact) mass is 282 g/mol. The van der Waals surface area contributed by atoms with E-state index in [9.17, 15) is 0 Å². The Balaban J connectivity index is -0.00000000500. The van der Waals surface area contributed by atoms with Crippen LogP contribution in [-0.4, -0.2) is 62.2 Å². The topological polar surface area (TPSA) is 0 Å². The van der Waals surface area contributed by atoms with Gasteiger partial charge in [-0.05, 0) is 10.1 Å². The Hall–Kier alpha value is 1.74. The van der Waals surface area contributed by atoms with Gasteiger partial charge in [0.1, 0.15) is 0 Å². The van der Waals surface area contributed by atoms with Crippen LogP contribution in [0.3, 0.4) is 0 Å². The second kappa shape index (κ2) is 21.9. The summed E-state index contributed by atoms with van der Waals surface area (Å²) in [5, 5.41) is 0. The first kappa shape index (κ1) is 17.2. The summed E-state index contributed by atoms with van der Waals surface area (Å²) in [4.78, 5) is 0. The molecule has 0 spiro atoms. The van der Waals surface area contributed by atoms with Crippen molar-refractivity contribution < 1.29 is 0 Å². The first-order valence-corrected chi connectivity index (χ1v) is 1.73. The Bertz CT molecular complexity index is 8.00. The van der Waals surface area contributed by atoms with Gasteiger partial charge in [-0.2, -0.15) is 0 Å². The van der Waals surface area contributed by atoms with Gasteiger partial charge in [0.15, 0.2) is 17.4 Å². The van der Waals surface area contributed by atoms with Gasteiger partial charge in [-0.3, -0.25) is 0 Å². The van der Waals surface area contributed by atoms with E-state index in [0.717, 1.165) is 10.1 Å². The van der Waals surface area contributed by atoms with Crippen molar-refractivity contribution >= 4 is 62.2 Å². The predicted octanol–water partition coefficient (Wildman–Crippen LogP) is -3.66. The first-order chi connectivity index (χ1) is 1.00. The van der Waals surface area contributed by atoms with E-state index in [1.807, 2.05) is 0 Å². The third-order valence-corrected chi connectivity index (χ3v) is 0.